The van der Waals surface area contributed by atoms with Gasteiger partial charge in [0, 0.05) is 16.2 Å². The highest BCUT2D eigenvalue weighted by Gasteiger charge is 2.39. The highest BCUT2D eigenvalue weighted by molar-refractivity contribution is 7.93. The zero-order valence-electron chi connectivity index (χ0n) is 14.7. The van der Waals surface area contributed by atoms with Gasteiger partial charge in [0.25, 0.3) is 0 Å². The second-order valence-corrected chi connectivity index (χ2v) is 8.88. The maximum absolute atomic E-state index is 14.4. The van der Waals surface area contributed by atoms with Crippen molar-refractivity contribution < 1.29 is 9.36 Å². The van der Waals surface area contributed by atoms with E-state index >= 15 is 0 Å². The Hall–Kier alpha value is -2.44. The minimum atomic E-state index is -3.48. The Labute approximate surface area is 148 Å². The maximum Gasteiger partial charge on any atom is 0.230 e. The lowest BCUT2D eigenvalue weighted by Crippen LogP contribution is -2.27. The van der Waals surface area contributed by atoms with Crippen LogP contribution in [0.25, 0.3) is 0 Å². The summed E-state index contributed by atoms with van der Waals surface area (Å²) in [4.78, 5) is 13.4. The van der Waals surface area contributed by atoms with E-state index in [1.165, 1.54) is 0 Å². The van der Waals surface area contributed by atoms with Crippen LogP contribution in [0.4, 0.5) is 0 Å². The number of hydrogen-bond acceptors (Lipinski definition) is 2. The molecule has 0 aliphatic carbocycles. The molecule has 3 aromatic rings. The molecule has 1 unspecified atom stereocenters. The summed E-state index contributed by atoms with van der Waals surface area (Å²) in [5.74, 6) is 0. The first-order valence-electron chi connectivity index (χ1n) is 8.29. The highest BCUT2D eigenvalue weighted by atomic mass is 31.2. The van der Waals surface area contributed by atoms with Gasteiger partial charge in [-0.05, 0) is 37.5 Å². The topological polar surface area (TPSA) is 34.1 Å². The van der Waals surface area contributed by atoms with Crippen LogP contribution < -0.4 is 10.6 Å². The van der Waals surface area contributed by atoms with Crippen LogP contribution in [0.15, 0.2) is 72.8 Å². The van der Waals surface area contributed by atoms with Gasteiger partial charge in [-0.3, -0.25) is 4.79 Å². The molecule has 2 nitrogen and oxygen atoms in total. The first-order chi connectivity index (χ1) is 12.0. The van der Waals surface area contributed by atoms with Crippen molar-refractivity contribution in [3.05, 3.63) is 95.1 Å². The zero-order chi connectivity index (χ0) is 18.0. The molecule has 3 rings (SSSR count). The molecule has 0 bridgehead atoms. The monoisotopic (exact) mass is 348 g/mol. The van der Waals surface area contributed by atoms with Gasteiger partial charge in [-0.15, -0.1) is 0 Å². The Morgan fingerprint density at radius 2 is 1.24 bits per heavy atom. The van der Waals surface area contributed by atoms with Crippen LogP contribution in [0.5, 0.6) is 0 Å². The van der Waals surface area contributed by atoms with Crippen molar-refractivity contribution in [3.63, 3.8) is 0 Å². The average molecular weight is 348 g/mol. The second kappa shape index (κ2) is 6.82. The molecular formula is C22H21O2P. The van der Waals surface area contributed by atoms with Crippen LogP contribution in [0, 0.1) is 20.8 Å². The predicted octanol–water partition coefficient (Wildman–Crippen LogP) is 4.77. The molecule has 1 atom stereocenters. The van der Waals surface area contributed by atoms with Crippen molar-refractivity contribution in [2.75, 3.05) is 0 Å². The van der Waals surface area contributed by atoms with Crippen molar-refractivity contribution in [2.45, 2.75) is 20.8 Å². The molecule has 0 N–H and O–H groups in total. The highest BCUT2D eigenvalue weighted by Crippen LogP contribution is 2.48. The van der Waals surface area contributed by atoms with Crippen molar-refractivity contribution in [2.24, 2.45) is 0 Å². The Morgan fingerprint density at radius 1 is 0.720 bits per heavy atom. The molecule has 3 aromatic carbocycles. The summed E-state index contributed by atoms with van der Waals surface area (Å²) in [6.45, 7) is 5.86. The fourth-order valence-electron chi connectivity index (χ4n) is 3.17. The van der Waals surface area contributed by atoms with Crippen LogP contribution in [0.3, 0.4) is 0 Å². The lowest BCUT2D eigenvalue weighted by Gasteiger charge is -2.23. The Balaban J connectivity index is 2.35. The summed E-state index contributed by atoms with van der Waals surface area (Å²) in [5.41, 5.74) is 3.03. The molecule has 0 saturated carbocycles. The van der Waals surface area contributed by atoms with E-state index in [0.29, 0.717) is 16.2 Å². The summed E-state index contributed by atoms with van der Waals surface area (Å²) < 4.78 is 14.4. The molecule has 0 saturated heterocycles. The number of carbonyl (C=O) groups is 1. The van der Waals surface area contributed by atoms with Crippen LogP contribution in [-0.2, 0) is 4.57 Å². The minimum Gasteiger partial charge on any atom is -0.305 e. The number of carbonyl (C=O) groups excluding carboxylic acids is 1. The summed E-state index contributed by atoms with van der Waals surface area (Å²) in [7, 11) is -3.48. The summed E-state index contributed by atoms with van der Waals surface area (Å²) in [5, 5.41) is 1.26. The number of benzene rings is 3. The molecule has 0 amide bonds. The molecule has 0 spiro atoms. The van der Waals surface area contributed by atoms with Crippen molar-refractivity contribution in [1.82, 2.24) is 0 Å². The first kappa shape index (κ1) is 17.4. The van der Waals surface area contributed by atoms with Crippen molar-refractivity contribution in [1.29, 1.82) is 0 Å². The van der Waals surface area contributed by atoms with Crippen LogP contribution in [0.2, 0.25) is 0 Å². The summed E-state index contributed by atoms with van der Waals surface area (Å²) >= 11 is 0. The molecule has 0 aliphatic heterocycles. The summed E-state index contributed by atoms with van der Waals surface area (Å²) in [6.07, 6.45) is 0. The van der Waals surface area contributed by atoms with E-state index in [0.717, 1.165) is 16.7 Å². The standard InChI is InChI=1S/C22H21O2P/c1-16-14-15-17(2)21(18(16)3)25(24,20-12-8-5-9-13-20)22(23)19-10-6-4-7-11-19/h4-15H,1-3H3. The molecule has 0 radical (unpaired) electrons. The third-order valence-corrected chi connectivity index (χ3v) is 7.82. The van der Waals surface area contributed by atoms with E-state index in [4.69, 9.17) is 0 Å². The van der Waals surface area contributed by atoms with Crippen molar-refractivity contribution >= 4 is 23.3 Å². The quantitative estimate of drug-likeness (QED) is 0.637. The Morgan fingerprint density at radius 3 is 1.84 bits per heavy atom. The molecule has 25 heavy (non-hydrogen) atoms. The Kier molecular flexibility index (Phi) is 4.74. The summed E-state index contributed by atoms with van der Waals surface area (Å²) in [6, 6.07) is 22.0. The smallest absolute Gasteiger partial charge is 0.230 e. The van der Waals surface area contributed by atoms with E-state index in [1.54, 1.807) is 36.4 Å². The number of rotatable bonds is 4. The normalized spacial score (nSPS) is 13.2. The first-order valence-corrected chi connectivity index (χ1v) is 10.00. The van der Waals surface area contributed by atoms with Gasteiger partial charge in [0.15, 0.2) is 0 Å². The largest absolute Gasteiger partial charge is 0.305 e. The Bertz CT molecular complexity index is 960. The maximum atomic E-state index is 14.4. The van der Waals surface area contributed by atoms with Gasteiger partial charge in [0.2, 0.25) is 12.7 Å². The third-order valence-electron chi connectivity index (χ3n) is 4.65. The van der Waals surface area contributed by atoms with E-state index in [-0.39, 0.29) is 5.52 Å². The fraction of sp³-hybridized carbons (Fsp3) is 0.136. The lowest BCUT2D eigenvalue weighted by molar-refractivity contribution is 0.107. The van der Waals surface area contributed by atoms with Gasteiger partial charge in [-0.25, -0.2) is 0 Å². The SMILES string of the molecule is Cc1ccc(C)c(P(=O)(C(=O)c2ccccc2)c2ccccc2)c1C. The van der Waals surface area contributed by atoms with Crippen LogP contribution >= 0.6 is 7.14 Å². The van der Waals surface area contributed by atoms with E-state index < -0.39 is 7.14 Å². The van der Waals surface area contributed by atoms with E-state index in [9.17, 15) is 9.36 Å². The molecular weight excluding hydrogens is 327 g/mol. The minimum absolute atomic E-state index is 0.309. The van der Waals surface area contributed by atoms with E-state index in [2.05, 4.69) is 0 Å². The van der Waals surface area contributed by atoms with Crippen LogP contribution in [-0.4, -0.2) is 5.52 Å². The molecule has 0 heterocycles. The fourth-order valence-corrected chi connectivity index (χ4v) is 6.19. The second-order valence-electron chi connectivity index (χ2n) is 6.29. The number of aryl methyl sites for hydroxylation is 2. The van der Waals surface area contributed by atoms with Gasteiger partial charge in [0.05, 0.1) is 0 Å². The molecule has 0 aromatic heterocycles. The van der Waals surface area contributed by atoms with Gasteiger partial charge in [-0.2, -0.15) is 0 Å². The molecule has 126 valence electrons. The average Bonchev–Trinajstić information content (AvgIpc) is 2.65. The van der Waals surface area contributed by atoms with Gasteiger partial charge >= 0.3 is 0 Å². The van der Waals surface area contributed by atoms with Gasteiger partial charge in [0.1, 0.15) is 0 Å². The molecule has 0 fully saturated rings. The zero-order valence-corrected chi connectivity index (χ0v) is 15.6. The molecule has 0 aliphatic rings. The van der Waals surface area contributed by atoms with Gasteiger partial charge in [-0.1, -0.05) is 72.8 Å². The van der Waals surface area contributed by atoms with Crippen LogP contribution in [0.1, 0.15) is 27.0 Å². The molecule has 3 heteroatoms. The lowest BCUT2D eigenvalue weighted by atomic mass is 10.1. The third kappa shape index (κ3) is 2.99. The van der Waals surface area contributed by atoms with E-state index in [1.807, 2.05) is 57.2 Å². The number of hydrogen-bond donors (Lipinski definition) is 0. The van der Waals surface area contributed by atoms with Gasteiger partial charge < -0.3 is 4.57 Å². The van der Waals surface area contributed by atoms with Crippen molar-refractivity contribution in [3.8, 4) is 0 Å². The predicted molar refractivity (Wildman–Crippen MR) is 105 cm³/mol.